The summed E-state index contributed by atoms with van der Waals surface area (Å²) in [5, 5.41) is 9.19. The van der Waals surface area contributed by atoms with E-state index in [0.717, 1.165) is 24.3 Å². The van der Waals surface area contributed by atoms with E-state index in [0.29, 0.717) is 5.92 Å². The molecule has 3 heteroatoms. The van der Waals surface area contributed by atoms with E-state index >= 15 is 0 Å². The van der Waals surface area contributed by atoms with E-state index < -0.39 is 0 Å². The molecule has 1 unspecified atom stereocenters. The molecular weight excluding hydrogens is 188 g/mol. The van der Waals surface area contributed by atoms with Gasteiger partial charge < -0.3 is 10.0 Å². The second kappa shape index (κ2) is 5.71. The molecule has 1 heterocycles. The Balaban J connectivity index is 2.76. The molecule has 0 saturated carbocycles. The average Bonchev–Trinajstić information content (AvgIpc) is 2.28. The molecule has 3 nitrogen and oxygen atoms in total. The van der Waals surface area contributed by atoms with Crippen LogP contribution in [0, 0.1) is 5.92 Å². The lowest BCUT2D eigenvalue weighted by Crippen LogP contribution is -2.25. The Bertz CT molecular complexity index is 301. The first-order valence-electron chi connectivity index (χ1n) is 5.44. The zero-order valence-electron chi connectivity index (χ0n) is 9.77. The van der Waals surface area contributed by atoms with Crippen LogP contribution in [0.25, 0.3) is 0 Å². The van der Waals surface area contributed by atoms with Gasteiger partial charge in [-0.2, -0.15) is 0 Å². The topological polar surface area (TPSA) is 36.4 Å². The minimum atomic E-state index is 0.0496. The predicted octanol–water partition coefficient (Wildman–Crippen LogP) is 2.06. The molecule has 0 spiro atoms. The fourth-order valence-corrected chi connectivity index (χ4v) is 1.58. The number of aliphatic hydroxyl groups is 1. The molecule has 0 saturated heterocycles. The van der Waals surface area contributed by atoms with Crippen LogP contribution in [0.4, 0.5) is 5.82 Å². The van der Waals surface area contributed by atoms with Gasteiger partial charge in [0.15, 0.2) is 0 Å². The van der Waals surface area contributed by atoms with Crippen LogP contribution >= 0.6 is 0 Å². The van der Waals surface area contributed by atoms with Crippen LogP contribution in [0.5, 0.6) is 0 Å². The third-order valence-corrected chi connectivity index (χ3v) is 2.68. The van der Waals surface area contributed by atoms with Crippen molar-refractivity contribution in [3.05, 3.63) is 23.9 Å². The number of pyridine rings is 1. The SMILES string of the molecule is CCC(C)CN(C)c1ncccc1CO. The molecule has 0 aliphatic rings. The van der Waals surface area contributed by atoms with Gasteiger partial charge in [-0.25, -0.2) is 4.98 Å². The lowest BCUT2D eigenvalue weighted by molar-refractivity contribution is 0.281. The molecule has 1 aromatic heterocycles. The lowest BCUT2D eigenvalue weighted by atomic mass is 10.1. The highest BCUT2D eigenvalue weighted by Crippen LogP contribution is 2.17. The Labute approximate surface area is 91.8 Å². The van der Waals surface area contributed by atoms with Crippen molar-refractivity contribution < 1.29 is 5.11 Å². The number of hydrogen-bond donors (Lipinski definition) is 1. The quantitative estimate of drug-likeness (QED) is 0.804. The second-order valence-corrected chi connectivity index (χ2v) is 4.04. The minimum Gasteiger partial charge on any atom is -0.392 e. The maximum Gasteiger partial charge on any atom is 0.133 e. The van der Waals surface area contributed by atoms with Gasteiger partial charge in [0.25, 0.3) is 0 Å². The van der Waals surface area contributed by atoms with Gasteiger partial charge in [-0.3, -0.25) is 0 Å². The normalized spacial score (nSPS) is 12.5. The summed E-state index contributed by atoms with van der Waals surface area (Å²) in [6, 6.07) is 3.77. The van der Waals surface area contributed by atoms with Crippen molar-refractivity contribution in [2.24, 2.45) is 5.92 Å². The molecule has 15 heavy (non-hydrogen) atoms. The maximum atomic E-state index is 9.19. The second-order valence-electron chi connectivity index (χ2n) is 4.04. The molecule has 0 aliphatic heterocycles. The molecule has 0 aromatic carbocycles. The number of anilines is 1. The van der Waals surface area contributed by atoms with Crippen molar-refractivity contribution in [2.45, 2.75) is 26.9 Å². The van der Waals surface area contributed by atoms with Crippen LogP contribution < -0.4 is 4.90 Å². The third kappa shape index (κ3) is 3.20. The highest BCUT2D eigenvalue weighted by Gasteiger charge is 2.10. The molecule has 1 rings (SSSR count). The number of nitrogens with zero attached hydrogens (tertiary/aromatic N) is 2. The zero-order valence-corrected chi connectivity index (χ0v) is 9.77. The largest absolute Gasteiger partial charge is 0.392 e. The molecule has 1 atom stereocenters. The minimum absolute atomic E-state index is 0.0496. The van der Waals surface area contributed by atoms with Crippen LogP contribution in [0.2, 0.25) is 0 Å². The Morgan fingerprint density at radius 1 is 1.53 bits per heavy atom. The summed E-state index contributed by atoms with van der Waals surface area (Å²) in [5.41, 5.74) is 0.892. The fourth-order valence-electron chi connectivity index (χ4n) is 1.58. The first-order chi connectivity index (χ1) is 7.19. The molecule has 0 fully saturated rings. The highest BCUT2D eigenvalue weighted by molar-refractivity contribution is 5.45. The van der Waals surface area contributed by atoms with E-state index in [1.807, 2.05) is 19.2 Å². The zero-order chi connectivity index (χ0) is 11.3. The summed E-state index contributed by atoms with van der Waals surface area (Å²) in [7, 11) is 2.02. The standard InChI is InChI=1S/C12H20N2O/c1-4-10(2)8-14(3)12-11(9-15)6-5-7-13-12/h5-7,10,15H,4,8-9H2,1-3H3. The summed E-state index contributed by atoms with van der Waals surface area (Å²) in [5.74, 6) is 1.53. The fraction of sp³-hybridized carbons (Fsp3) is 0.583. The van der Waals surface area contributed by atoms with Crippen LogP contribution in [0.15, 0.2) is 18.3 Å². The van der Waals surface area contributed by atoms with Crippen molar-refractivity contribution in [3.8, 4) is 0 Å². The van der Waals surface area contributed by atoms with Crippen LogP contribution in [0.1, 0.15) is 25.8 Å². The molecule has 84 valence electrons. The van der Waals surface area contributed by atoms with E-state index in [4.69, 9.17) is 0 Å². The lowest BCUT2D eigenvalue weighted by Gasteiger charge is -2.23. The highest BCUT2D eigenvalue weighted by atomic mass is 16.3. The van der Waals surface area contributed by atoms with Crippen LogP contribution in [-0.4, -0.2) is 23.7 Å². The summed E-state index contributed by atoms with van der Waals surface area (Å²) < 4.78 is 0. The van der Waals surface area contributed by atoms with E-state index in [1.54, 1.807) is 6.20 Å². The van der Waals surface area contributed by atoms with E-state index in [2.05, 4.69) is 23.7 Å². The first-order valence-corrected chi connectivity index (χ1v) is 5.44. The number of aliphatic hydroxyl groups excluding tert-OH is 1. The van der Waals surface area contributed by atoms with E-state index in [1.165, 1.54) is 0 Å². The average molecular weight is 208 g/mol. The van der Waals surface area contributed by atoms with E-state index in [-0.39, 0.29) is 6.61 Å². The molecule has 0 aliphatic carbocycles. The molecule has 0 bridgehead atoms. The van der Waals surface area contributed by atoms with Crippen molar-refractivity contribution in [1.82, 2.24) is 4.98 Å². The number of hydrogen-bond acceptors (Lipinski definition) is 3. The monoisotopic (exact) mass is 208 g/mol. The van der Waals surface area contributed by atoms with Gasteiger partial charge in [-0.15, -0.1) is 0 Å². The Morgan fingerprint density at radius 3 is 2.87 bits per heavy atom. The van der Waals surface area contributed by atoms with Crippen molar-refractivity contribution >= 4 is 5.82 Å². The van der Waals surface area contributed by atoms with Crippen molar-refractivity contribution in [3.63, 3.8) is 0 Å². The van der Waals surface area contributed by atoms with Gasteiger partial charge in [0.1, 0.15) is 5.82 Å². The van der Waals surface area contributed by atoms with Crippen LogP contribution in [-0.2, 0) is 6.61 Å². The van der Waals surface area contributed by atoms with Gasteiger partial charge in [0.2, 0.25) is 0 Å². The molecular formula is C12H20N2O. The summed E-state index contributed by atoms with van der Waals surface area (Å²) >= 11 is 0. The van der Waals surface area contributed by atoms with Crippen molar-refractivity contribution in [1.29, 1.82) is 0 Å². The maximum absolute atomic E-state index is 9.19. The Kier molecular flexibility index (Phi) is 4.56. The molecule has 1 aromatic rings. The Morgan fingerprint density at radius 2 is 2.27 bits per heavy atom. The van der Waals surface area contributed by atoms with Gasteiger partial charge in [-0.05, 0) is 12.0 Å². The van der Waals surface area contributed by atoms with Gasteiger partial charge in [-0.1, -0.05) is 26.3 Å². The molecule has 0 amide bonds. The Hall–Kier alpha value is -1.09. The molecule has 0 radical (unpaired) electrons. The van der Waals surface area contributed by atoms with Gasteiger partial charge in [0, 0.05) is 25.4 Å². The summed E-state index contributed by atoms with van der Waals surface area (Å²) in [4.78, 5) is 6.41. The summed E-state index contributed by atoms with van der Waals surface area (Å²) in [6.45, 7) is 5.43. The predicted molar refractivity (Wildman–Crippen MR) is 62.9 cm³/mol. The summed E-state index contributed by atoms with van der Waals surface area (Å²) in [6.07, 6.45) is 2.92. The van der Waals surface area contributed by atoms with Crippen LogP contribution in [0.3, 0.4) is 0 Å². The van der Waals surface area contributed by atoms with Crippen molar-refractivity contribution in [2.75, 3.05) is 18.5 Å². The van der Waals surface area contributed by atoms with E-state index in [9.17, 15) is 5.11 Å². The van der Waals surface area contributed by atoms with Gasteiger partial charge in [0.05, 0.1) is 6.61 Å². The first kappa shape index (κ1) is 12.0. The smallest absolute Gasteiger partial charge is 0.133 e. The number of aromatic nitrogens is 1. The van der Waals surface area contributed by atoms with Gasteiger partial charge >= 0.3 is 0 Å². The molecule has 1 N–H and O–H groups in total. The third-order valence-electron chi connectivity index (χ3n) is 2.68. The number of rotatable bonds is 5.